The number of carbonyl (C=O) groups excluding carboxylic acids is 1. The number of allylic oxidation sites excluding steroid dienone is 1. The molecule has 21 heavy (non-hydrogen) atoms. The highest BCUT2D eigenvalue weighted by atomic mass is 16.5. The summed E-state index contributed by atoms with van der Waals surface area (Å²) in [5, 5.41) is 0. The quantitative estimate of drug-likeness (QED) is 0.800. The van der Waals surface area contributed by atoms with Crippen LogP contribution in [0.4, 0.5) is 0 Å². The Kier molecular flexibility index (Phi) is 3.73. The molecule has 1 aliphatic rings. The predicted octanol–water partition coefficient (Wildman–Crippen LogP) is 3.77. The largest absolute Gasteiger partial charge is 0.493 e. The van der Waals surface area contributed by atoms with E-state index in [1.54, 1.807) is 0 Å². The number of benzene rings is 2. The average molecular weight is 280 g/mol. The standard InChI is InChI=1S/C18H16O3/c1-2-20-18-15(12-19)14-10-6-7-11-16(14)21-17(18)13-8-4-3-5-9-13/h3-12,17H,2H2,1H3. The van der Waals surface area contributed by atoms with Crippen LogP contribution < -0.4 is 4.74 Å². The van der Waals surface area contributed by atoms with Gasteiger partial charge in [-0.3, -0.25) is 4.79 Å². The second kappa shape index (κ2) is 5.83. The fraction of sp³-hybridized carbons (Fsp3) is 0.167. The summed E-state index contributed by atoms with van der Waals surface area (Å²) in [6.07, 6.45) is 0.462. The molecule has 1 atom stereocenters. The molecule has 1 unspecified atom stereocenters. The summed E-state index contributed by atoms with van der Waals surface area (Å²) in [6, 6.07) is 17.3. The Bertz CT molecular complexity index is 674. The van der Waals surface area contributed by atoms with Crippen molar-refractivity contribution in [3.8, 4) is 5.75 Å². The fourth-order valence-corrected chi connectivity index (χ4v) is 2.52. The maximum absolute atomic E-state index is 11.6. The van der Waals surface area contributed by atoms with Crippen LogP contribution in [0.1, 0.15) is 24.2 Å². The van der Waals surface area contributed by atoms with Crippen molar-refractivity contribution in [3.63, 3.8) is 0 Å². The first-order valence-corrected chi connectivity index (χ1v) is 6.98. The number of ether oxygens (including phenoxy) is 2. The molecule has 0 aliphatic carbocycles. The molecule has 2 aromatic carbocycles. The normalized spacial score (nSPS) is 16.9. The Morgan fingerprint density at radius 3 is 2.52 bits per heavy atom. The lowest BCUT2D eigenvalue weighted by Gasteiger charge is -2.29. The first-order valence-electron chi connectivity index (χ1n) is 6.98. The van der Waals surface area contributed by atoms with Crippen molar-refractivity contribution in [1.29, 1.82) is 0 Å². The van der Waals surface area contributed by atoms with Gasteiger partial charge in [-0.15, -0.1) is 0 Å². The average Bonchev–Trinajstić information content (AvgIpc) is 2.55. The molecule has 0 fully saturated rings. The summed E-state index contributed by atoms with van der Waals surface area (Å²) in [5.41, 5.74) is 2.31. The highest BCUT2D eigenvalue weighted by Crippen LogP contribution is 2.41. The predicted molar refractivity (Wildman–Crippen MR) is 80.9 cm³/mol. The van der Waals surface area contributed by atoms with Crippen LogP contribution in [-0.2, 0) is 9.53 Å². The van der Waals surface area contributed by atoms with Crippen LogP contribution in [0.25, 0.3) is 5.57 Å². The molecule has 2 aromatic rings. The lowest BCUT2D eigenvalue weighted by molar-refractivity contribution is -0.103. The van der Waals surface area contributed by atoms with Crippen LogP contribution in [0.15, 0.2) is 60.4 Å². The minimum Gasteiger partial charge on any atom is -0.493 e. The zero-order valence-electron chi connectivity index (χ0n) is 11.8. The second-order valence-corrected chi connectivity index (χ2v) is 4.73. The summed E-state index contributed by atoms with van der Waals surface area (Å²) in [6.45, 7) is 2.39. The van der Waals surface area contributed by atoms with Gasteiger partial charge >= 0.3 is 0 Å². The van der Waals surface area contributed by atoms with E-state index in [1.165, 1.54) is 0 Å². The fourth-order valence-electron chi connectivity index (χ4n) is 2.52. The van der Waals surface area contributed by atoms with Gasteiger partial charge in [0.1, 0.15) is 5.75 Å². The van der Waals surface area contributed by atoms with Crippen molar-refractivity contribution in [2.75, 3.05) is 6.61 Å². The van der Waals surface area contributed by atoms with Gasteiger partial charge < -0.3 is 9.47 Å². The second-order valence-electron chi connectivity index (χ2n) is 4.73. The van der Waals surface area contributed by atoms with E-state index in [4.69, 9.17) is 9.47 Å². The third-order valence-corrected chi connectivity index (χ3v) is 3.45. The number of aldehydes is 1. The van der Waals surface area contributed by atoms with Gasteiger partial charge in [0.05, 0.1) is 12.2 Å². The molecule has 0 bridgehead atoms. The molecule has 3 nitrogen and oxygen atoms in total. The third-order valence-electron chi connectivity index (χ3n) is 3.45. The molecule has 0 radical (unpaired) electrons. The van der Waals surface area contributed by atoms with E-state index in [2.05, 4.69) is 0 Å². The zero-order valence-corrected chi connectivity index (χ0v) is 11.8. The molecule has 0 spiro atoms. The van der Waals surface area contributed by atoms with Crippen LogP contribution in [0.2, 0.25) is 0 Å². The minimum absolute atomic E-state index is 0.388. The summed E-state index contributed by atoms with van der Waals surface area (Å²) in [7, 11) is 0. The van der Waals surface area contributed by atoms with E-state index in [9.17, 15) is 4.79 Å². The van der Waals surface area contributed by atoms with E-state index in [1.807, 2.05) is 61.5 Å². The van der Waals surface area contributed by atoms with Gasteiger partial charge in [0, 0.05) is 11.1 Å². The topological polar surface area (TPSA) is 35.5 Å². The van der Waals surface area contributed by atoms with Crippen molar-refractivity contribution in [2.24, 2.45) is 0 Å². The van der Waals surface area contributed by atoms with Gasteiger partial charge in [-0.05, 0) is 13.0 Å². The number of rotatable bonds is 4. The molecule has 0 saturated carbocycles. The first-order chi connectivity index (χ1) is 10.3. The van der Waals surface area contributed by atoms with Crippen LogP contribution >= 0.6 is 0 Å². The molecular weight excluding hydrogens is 264 g/mol. The van der Waals surface area contributed by atoms with E-state index < -0.39 is 0 Å². The third kappa shape index (κ3) is 2.42. The zero-order chi connectivity index (χ0) is 14.7. The molecule has 1 aliphatic heterocycles. The van der Waals surface area contributed by atoms with Crippen LogP contribution in [0.3, 0.4) is 0 Å². The van der Waals surface area contributed by atoms with Gasteiger partial charge in [-0.2, -0.15) is 0 Å². The van der Waals surface area contributed by atoms with E-state index in [-0.39, 0.29) is 6.10 Å². The molecule has 0 aromatic heterocycles. The molecule has 106 valence electrons. The van der Waals surface area contributed by atoms with Crippen LogP contribution in [-0.4, -0.2) is 12.9 Å². The summed E-state index contributed by atoms with van der Waals surface area (Å²) < 4.78 is 11.8. The highest BCUT2D eigenvalue weighted by Gasteiger charge is 2.30. The van der Waals surface area contributed by atoms with Gasteiger partial charge in [0.15, 0.2) is 18.1 Å². The molecule has 1 heterocycles. The lowest BCUT2D eigenvalue weighted by atomic mass is 9.96. The molecule has 0 saturated heterocycles. The molecular formula is C18H16O3. The van der Waals surface area contributed by atoms with Crippen molar-refractivity contribution in [1.82, 2.24) is 0 Å². The monoisotopic (exact) mass is 280 g/mol. The van der Waals surface area contributed by atoms with Crippen molar-refractivity contribution < 1.29 is 14.3 Å². The van der Waals surface area contributed by atoms with Gasteiger partial charge in [0.25, 0.3) is 0 Å². The first kappa shape index (κ1) is 13.4. The molecule has 0 N–H and O–H groups in total. The van der Waals surface area contributed by atoms with Gasteiger partial charge in [-0.25, -0.2) is 0 Å². The Balaban J connectivity index is 2.16. The number of para-hydroxylation sites is 1. The van der Waals surface area contributed by atoms with Crippen LogP contribution in [0, 0.1) is 0 Å². The number of fused-ring (bicyclic) bond motifs is 1. The maximum Gasteiger partial charge on any atom is 0.181 e. The minimum atomic E-state index is -0.388. The highest BCUT2D eigenvalue weighted by molar-refractivity contribution is 6.09. The Morgan fingerprint density at radius 1 is 1.10 bits per heavy atom. The summed E-state index contributed by atoms with van der Waals surface area (Å²) >= 11 is 0. The molecule has 3 heteroatoms. The van der Waals surface area contributed by atoms with Crippen LogP contribution in [0.5, 0.6) is 5.75 Å². The van der Waals surface area contributed by atoms with Crippen molar-refractivity contribution in [2.45, 2.75) is 13.0 Å². The van der Waals surface area contributed by atoms with Gasteiger partial charge in [-0.1, -0.05) is 48.5 Å². The Hall–Kier alpha value is -2.55. The number of hydrogen-bond acceptors (Lipinski definition) is 3. The molecule has 0 amide bonds. The van der Waals surface area contributed by atoms with E-state index in [0.717, 1.165) is 17.4 Å². The van der Waals surface area contributed by atoms with Crippen molar-refractivity contribution in [3.05, 3.63) is 71.5 Å². The summed E-state index contributed by atoms with van der Waals surface area (Å²) in [5.74, 6) is 1.29. The smallest absolute Gasteiger partial charge is 0.181 e. The van der Waals surface area contributed by atoms with E-state index in [0.29, 0.717) is 23.7 Å². The molecule has 3 rings (SSSR count). The number of hydrogen-bond donors (Lipinski definition) is 0. The number of carbonyl (C=O) groups is 1. The maximum atomic E-state index is 11.6. The van der Waals surface area contributed by atoms with E-state index >= 15 is 0 Å². The SMILES string of the molecule is CCOC1=C(C=O)c2ccccc2OC1c1ccccc1. The van der Waals surface area contributed by atoms with Gasteiger partial charge in [0.2, 0.25) is 0 Å². The lowest BCUT2D eigenvalue weighted by Crippen LogP contribution is -2.20. The summed E-state index contributed by atoms with van der Waals surface area (Å²) in [4.78, 5) is 11.6. The van der Waals surface area contributed by atoms with Crippen molar-refractivity contribution >= 4 is 11.9 Å². The Morgan fingerprint density at radius 2 is 1.81 bits per heavy atom. The Labute approximate surface area is 123 Å².